The van der Waals surface area contributed by atoms with Gasteiger partial charge in [-0.3, -0.25) is 0 Å². The van der Waals surface area contributed by atoms with Crippen LogP contribution < -0.4 is 0 Å². The SMILES string of the molecule is C=CCc1ccc2c(c1C(OC(c1ccccc1)c1c(CC=C)ccc3c1CCC3)c1ccccc1)CCC2. The Labute approximate surface area is 233 Å². The summed E-state index contributed by atoms with van der Waals surface area (Å²) in [6, 6.07) is 31.0. The van der Waals surface area contributed by atoms with Crippen molar-refractivity contribution >= 4 is 0 Å². The van der Waals surface area contributed by atoms with E-state index in [2.05, 4.69) is 98.1 Å². The lowest BCUT2D eigenvalue weighted by atomic mass is 9.86. The first-order valence-electron chi connectivity index (χ1n) is 14.5. The van der Waals surface area contributed by atoms with E-state index in [-0.39, 0.29) is 12.2 Å². The van der Waals surface area contributed by atoms with Gasteiger partial charge in [0.25, 0.3) is 0 Å². The molecule has 2 atom stereocenters. The van der Waals surface area contributed by atoms with Crippen LogP contribution in [0.2, 0.25) is 0 Å². The van der Waals surface area contributed by atoms with Gasteiger partial charge in [-0.1, -0.05) is 97.1 Å². The Balaban J connectivity index is 1.57. The minimum Gasteiger partial charge on any atom is -0.356 e. The molecule has 196 valence electrons. The van der Waals surface area contributed by atoms with Crippen LogP contribution in [0.4, 0.5) is 0 Å². The van der Waals surface area contributed by atoms with Gasteiger partial charge in [-0.05, 0) is 107 Å². The van der Waals surface area contributed by atoms with E-state index in [9.17, 15) is 0 Å². The molecule has 0 fully saturated rings. The molecule has 1 nitrogen and oxygen atoms in total. The van der Waals surface area contributed by atoms with Crippen LogP contribution in [-0.4, -0.2) is 0 Å². The summed E-state index contributed by atoms with van der Waals surface area (Å²) in [5.41, 5.74) is 13.7. The molecule has 2 unspecified atom stereocenters. The zero-order valence-electron chi connectivity index (χ0n) is 22.9. The first-order valence-corrected chi connectivity index (χ1v) is 14.5. The minimum atomic E-state index is -0.173. The van der Waals surface area contributed by atoms with E-state index in [0.29, 0.717) is 0 Å². The molecular weight excluding hydrogens is 472 g/mol. The second-order valence-electron chi connectivity index (χ2n) is 11.0. The minimum absolute atomic E-state index is 0.173. The number of hydrogen-bond acceptors (Lipinski definition) is 1. The molecular formula is C38H38O. The number of hydrogen-bond donors (Lipinski definition) is 0. The molecule has 0 aromatic heterocycles. The first-order chi connectivity index (χ1) is 19.3. The van der Waals surface area contributed by atoms with Crippen LogP contribution in [0.5, 0.6) is 0 Å². The molecule has 0 spiro atoms. The molecule has 39 heavy (non-hydrogen) atoms. The van der Waals surface area contributed by atoms with Crippen LogP contribution in [0.1, 0.15) is 80.7 Å². The van der Waals surface area contributed by atoms with Crippen molar-refractivity contribution in [1.82, 2.24) is 0 Å². The summed E-state index contributed by atoms with van der Waals surface area (Å²) in [5.74, 6) is 0. The van der Waals surface area contributed by atoms with E-state index in [1.54, 1.807) is 0 Å². The second-order valence-corrected chi connectivity index (χ2v) is 11.0. The number of allylic oxidation sites excluding steroid dienone is 2. The summed E-state index contributed by atoms with van der Waals surface area (Å²) < 4.78 is 7.55. The van der Waals surface area contributed by atoms with Crippen molar-refractivity contribution in [2.75, 3.05) is 0 Å². The predicted molar refractivity (Wildman–Crippen MR) is 162 cm³/mol. The summed E-state index contributed by atoms with van der Waals surface area (Å²) >= 11 is 0. The lowest BCUT2D eigenvalue weighted by Gasteiger charge is -2.32. The van der Waals surface area contributed by atoms with Crippen LogP contribution in [0.25, 0.3) is 0 Å². The molecule has 2 aliphatic carbocycles. The van der Waals surface area contributed by atoms with Gasteiger partial charge in [0, 0.05) is 0 Å². The van der Waals surface area contributed by atoms with Crippen molar-refractivity contribution in [3.63, 3.8) is 0 Å². The molecule has 0 heterocycles. The molecule has 6 rings (SSSR count). The molecule has 0 radical (unpaired) electrons. The maximum atomic E-state index is 7.55. The molecule has 4 aromatic rings. The van der Waals surface area contributed by atoms with Gasteiger partial charge in [-0.25, -0.2) is 0 Å². The highest BCUT2D eigenvalue weighted by atomic mass is 16.5. The Morgan fingerprint density at radius 2 is 1.00 bits per heavy atom. The molecule has 0 saturated heterocycles. The van der Waals surface area contributed by atoms with E-state index in [1.165, 1.54) is 68.5 Å². The lowest BCUT2D eigenvalue weighted by molar-refractivity contribution is 0.0291. The van der Waals surface area contributed by atoms with Gasteiger partial charge in [-0.15, -0.1) is 13.2 Å². The molecule has 4 aromatic carbocycles. The van der Waals surface area contributed by atoms with Crippen molar-refractivity contribution < 1.29 is 4.74 Å². The quantitative estimate of drug-likeness (QED) is 0.193. The van der Waals surface area contributed by atoms with Crippen LogP contribution >= 0.6 is 0 Å². The molecule has 0 saturated carbocycles. The number of aryl methyl sites for hydroxylation is 2. The van der Waals surface area contributed by atoms with Gasteiger partial charge < -0.3 is 4.74 Å². The maximum absolute atomic E-state index is 7.55. The molecule has 1 heteroatoms. The fourth-order valence-electron chi connectivity index (χ4n) is 6.83. The molecule has 0 N–H and O–H groups in total. The van der Waals surface area contributed by atoms with Crippen molar-refractivity contribution in [2.24, 2.45) is 0 Å². The van der Waals surface area contributed by atoms with E-state index in [0.717, 1.165) is 38.5 Å². The van der Waals surface area contributed by atoms with E-state index < -0.39 is 0 Å². The maximum Gasteiger partial charge on any atom is 0.109 e. The average molecular weight is 511 g/mol. The summed E-state index contributed by atoms with van der Waals surface area (Å²) in [4.78, 5) is 0. The van der Waals surface area contributed by atoms with Crippen LogP contribution in [0.3, 0.4) is 0 Å². The monoisotopic (exact) mass is 510 g/mol. The standard InChI is InChI=1S/C38H38O/c1-3-13-29-25-23-27-19-11-21-33(27)35(29)37(31-15-7-5-8-16-31)39-38(32-17-9-6-10-18-32)36-30(14-4-2)26-24-28-20-12-22-34(28)36/h3-10,15-18,23-26,37-38H,1-2,11-14,19-22H2. The highest BCUT2D eigenvalue weighted by Crippen LogP contribution is 2.44. The normalized spacial score (nSPS) is 15.4. The zero-order valence-corrected chi connectivity index (χ0v) is 22.9. The van der Waals surface area contributed by atoms with Gasteiger partial charge in [-0.2, -0.15) is 0 Å². The molecule has 0 aliphatic heterocycles. The highest BCUT2D eigenvalue weighted by Gasteiger charge is 2.32. The number of benzene rings is 4. The van der Waals surface area contributed by atoms with Gasteiger partial charge in [0.15, 0.2) is 0 Å². The largest absolute Gasteiger partial charge is 0.356 e. The molecule has 2 aliphatic rings. The van der Waals surface area contributed by atoms with E-state index in [4.69, 9.17) is 4.74 Å². The third-order valence-corrected chi connectivity index (χ3v) is 8.56. The summed E-state index contributed by atoms with van der Waals surface area (Å²) in [6.07, 6.45) is 12.3. The fourth-order valence-corrected chi connectivity index (χ4v) is 6.83. The number of rotatable bonds is 10. The Morgan fingerprint density at radius 3 is 1.41 bits per heavy atom. The Hall–Kier alpha value is -3.68. The molecule has 0 bridgehead atoms. The summed E-state index contributed by atoms with van der Waals surface area (Å²) in [6.45, 7) is 8.20. The fraction of sp³-hybridized carbons (Fsp3) is 0.263. The molecule has 0 amide bonds. The summed E-state index contributed by atoms with van der Waals surface area (Å²) in [7, 11) is 0. The number of fused-ring (bicyclic) bond motifs is 2. The van der Waals surface area contributed by atoms with Crippen molar-refractivity contribution in [2.45, 2.75) is 63.6 Å². The Morgan fingerprint density at radius 1 is 0.564 bits per heavy atom. The third kappa shape index (κ3) is 5.04. The Bertz CT molecular complexity index is 1350. The Kier molecular flexibility index (Phi) is 7.61. The van der Waals surface area contributed by atoms with Crippen LogP contribution in [-0.2, 0) is 43.3 Å². The van der Waals surface area contributed by atoms with Gasteiger partial charge >= 0.3 is 0 Å². The lowest BCUT2D eigenvalue weighted by Crippen LogP contribution is -2.19. The zero-order chi connectivity index (χ0) is 26.6. The average Bonchev–Trinajstić information content (AvgIpc) is 3.66. The van der Waals surface area contributed by atoms with E-state index >= 15 is 0 Å². The van der Waals surface area contributed by atoms with Crippen molar-refractivity contribution in [3.8, 4) is 0 Å². The van der Waals surface area contributed by atoms with Crippen molar-refractivity contribution in [1.29, 1.82) is 0 Å². The van der Waals surface area contributed by atoms with Crippen LogP contribution in [0.15, 0.2) is 110 Å². The topological polar surface area (TPSA) is 9.23 Å². The van der Waals surface area contributed by atoms with E-state index in [1.807, 2.05) is 12.2 Å². The van der Waals surface area contributed by atoms with Gasteiger partial charge in [0.1, 0.15) is 12.2 Å². The van der Waals surface area contributed by atoms with Crippen LogP contribution in [0, 0.1) is 0 Å². The first kappa shape index (κ1) is 25.6. The predicted octanol–water partition coefficient (Wildman–Crippen LogP) is 9.02. The number of ether oxygens (including phenoxy) is 1. The summed E-state index contributed by atoms with van der Waals surface area (Å²) in [5, 5.41) is 0. The van der Waals surface area contributed by atoms with Gasteiger partial charge in [0.05, 0.1) is 0 Å². The second kappa shape index (κ2) is 11.6. The smallest absolute Gasteiger partial charge is 0.109 e. The highest BCUT2D eigenvalue weighted by molar-refractivity contribution is 5.51. The van der Waals surface area contributed by atoms with Gasteiger partial charge in [0.2, 0.25) is 0 Å². The third-order valence-electron chi connectivity index (χ3n) is 8.56. The van der Waals surface area contributed by atoms with Crippen molar-refractivity contribution in [3.05, 3.63) is 166 Å².